The highest BCUT2D eigenvalue weighted by Gasteiger charge is 2.17. The molecule has 0 bridgehead atoms. The molecule has 88 valence electrons. The number of thiophene rings is 1. The quantitative estimate of drug-likeness (QED) is 0.869. The third kappa shape index (κ3) is 2.52. The van der Waals surface area contributed by atoms with Crippen molar-refractivity contribution in [3.63, 3.8) is 0 Å². The van der Waals surface area contributed by atoms with Crippen molar-refractivity contribution in [3.05, 3.63) is 45.1 Å². The normalized spacial score (nSPS) is 12.4. The average molecular weight is 269 g/mol. The summed E-state index contributed by atoms with van der Waals surface area (Å²) in [5.41, 5.74) is 0.972. The van der Waals surface area contributed by atoms with Gasteiger partial charge in [0.25, 0.3) is 0 Å². The maximum absolute atomic E-state index is 12.0. The number of aliphatic hydroxyl groups excluding tert-OH is 1. The van der Waals surface area contributed by atoms with Crippen LogP contribution in [0, 0.1) is 0 Å². The van der Waals surface area contributed by atoms with Crippen molar-refractivity contribution in [3.8, 4) is 0 Å². The first kappa shape index (κ1) is 12.2. The Morgan fingerprint density at radius 3 is 2.65 bits per heavy atom. The lowest BCUT2D eigenvalue weighted by Gasteiger charge is -1.99. The number of rotatable bonds is 3. The molecule has 0 aromatic carbocycles. The van der Waals surface area contributed by atoms with Crippen molar-refractivity contribution < 1.29 is 9.90 Å². The van der Waals surface area contributed by atoms with Gasteiger partial charge in [-0.2, -0.15) is 0 Å². The second-order valence-electron chi connectivity index (χ2n) is 3.47. The fourth-order valence-corrected chi connectivity index (χ4v) is 2.74. The molecule has 6 heteroatoms. The second-order valence-corrected chi connectivity index (χ2v) is 5.13. The van der Waals surface area contributed by atoms with Gasteiger partial charge in [-0.15, -0.1) is 11.3 Å². The van der Waals surface area contributed by atoms with E-state index in [0.29, 0.717) is 20.3 Å². The minimum absolute atomic E-state index is 0.190. The lowest BCUT2D eigenvalue weighted by atomic mass is 10.1. The molecule has 2 aromatic rings. The summed E-state index contributed by atoms with van der Waals surface area (Å²) in [4.78, 5) is 20.1. The van der Waals surface area contributed by atoms with Gasteiger partial charge in [0.05, 0.1) is 20.9 Å². The molecule has 0 saturated heterocycles. The Labute approximate surface area is 107 Å². The lowest BCUT2D eigenvalue weighted by Crippen LogP contribution is -2.00. The van der Waals surface area contributed by atoms with Gasteiger partial charge >= 0.3 is 0 Å². The van der Waals surface area contributed by atoms with Crippen molar-refractivity contribution in [1.29, 1.82) is 0 Å². The summed E-state index contributed by atoms with van der Waals surface area (Å²) in [5.74, 6) is -0.190. The number of aromatic nitrogens is 2. The Morgan fingerprint density at radius 2 is 2.12 bits per heavy atom. The predicted molar refractivity (Wildman–Crippen MR) is 65.4 cm³/mol. The monoisotopic (exact) mass is 268 g/mol. The molecule has 17 heavy (non-hydrogen) atoms. The Bertz CT molecular complexity index is 540. The summed E-state index contributed by atoms with van der Waals surface area (Å²) in [7, 11) is 0. The van der Waals surface area contributed by atoms with Gasteiger partial charge in [-0.3, -0.25) is 4.79 Å². The molecule has 0 aliphatic rings. The van der Waals surface area contributed by atoms with Crippen LogP contribution in [0.3, 0.4) is 0 Å². The summed E-state index contributed by atoms with van der Waals surface area (Å²) in [6.07, 6.45) is 3.57. The van der Waals surface area contributed by atoms with Crippen molar-refractivity contribution in [2.24, 2.45) is 0 Å². The van der Waals surface area contributed by atoms with Crippen LogP contribution in [0.5, 0.6) is 0 Å². The molecule has 2 aromatic heterocycles. The van der Waals surface area contributed by atoms with E-state index in [1.54, 1.807) is 13.0 Å². The number of halogens is 1. The molecule has 0 radical (unpaired) electrons. The fourth-order valence-electron chi connectivity index (χ4n) is 1.34. The highest BCUT2D eigenvalue weighted by atomic mass is 35.5. The number of aliphatic hydroxyl groups is 1. The summed E-state index contributed by atoms with van der Waals surface area (Å²) < 4.78 is 0.431. The first-order chi connectivity index (χ1) is 8.09. The zero-order valence-corrected chi connectivity index (χ0v) is 10.5. The minimum Gasteiger partial charge on any atom is -0.389 e. The van der Waals surface area contributed by atoms with Gasteiger partial charge in [0.15, 0.2) is 0 Å². The van der Waals surface area contributed by atoms with Crippen LogP contribution in [-0.2, 0) is 0 Å². The number of nitrogens with zero attached hydrogens (tertiary/aromatic N) is 2. The van der Waals surface area contributed by atoms with Crippen LogP contribution in [0.1, 0.15) is 33.8 Å². The summed E-state index contributed by atoms with van der Waals surface area (Å²) >= 11 is 7.09. The van der Waals surface area contributed by atoms with Gasteiger partial charge < -0.3 is 5.11 Å². The van der Waals surface area contributed by atoms with E-state index in [1.165, 1.54) is 18.7 Å². The van der Waals surface area contributed by atoms with E-state index >= 15 is 0 Å². The van der Waals surface area contributed by atoms with E-state index in [-0.39, 0.29) is 5.78 Å². The first-order valence-corrected chi connectivity index (χ1v) is 6.06. The molecular weight excluding hydrogens is 260 g/mol. The van der Waals surface area contributed by atoms with Gasteiger partial charge in [0.1, 0.15) is 6.33 Å². The minimum atomic E-state index is -0.688. The zero-order chi connectivity index (χ0) is 12.4. The highest BCUT2D eigenvalue weighted by Crippen LogP contribution is 2.32. The predicted octanol–water partition coefficient (Wildman–Crippen LogP) is 2.48. The Balaban J connectivity index is 2.36. The van der Waals surface area contributed by atoms with Crippen LogP contribution < -0.4 is 0 Å². The Kier molecular flexibility index (Phi) is 3.51. The van der Waals surface area contributed by atoms with Crippen LogP contribution in [0.4, 0.5) is 0 Å². The standard InChI is InChI=1S/C11H9ClN2O2S/c1-6(15)8-2-9(17-11(8)12)10(16)7-3-13-5-14-4-7/h2-6,15H,1H3/t6-/m1/s1. The molecular formula is C11H9ClN2O2S. The van der Waals surface area contributed by atoms with Crippen LogP contribution in [0.25, 0.3) is 0 Å². The van der Waals surface area contributed by atoms with E-state index in [9.17, 15) is 9.90 Å². The topological polar surface area (TPSA) is 63.1 Å². The third-order valence-electron chi connectivity index (χ3n) is 2.21. The second kappa shape index (κ2) is 4.91. The van der Waals surface area contributed by atoms with Crippen molar-refractivity contribution in [2.45, 2.75) is 13.0 Å². The van der Waals surface area contributed by atoms with Gasteiger partial charge in [-0.05, 0) is 13.0 Å². The van der Waals surface area contributed by atoms with Crippen LogP contribution in [0.15, 0.2) is 24.8 Å². The van der Waals surface area contributed by atoms with Crippen molar-refractivity contribution in [1.82, 2.24) is 9.97 Å². The largest absolute Gasteiger partial charge is 0.389 e. The van der Waals surface area contributed by atoms with E-state index in [0.717, 1.165) is 11.3 Å². The summed E-state index contributed by atoms with van der Waals surface area (Å²) in [6, 6.07) is 1.60. The van der Waals surface area contributed by atoms with Gasteiger partial charge in [0, 0.05) is 18.0 Å². The summed E-state index contributed by atoms with van der Waals surface area (Å²) in [6.45, 7) is 1.60. The van der Waals surface area contributed by atoms with Crippen LogP contribution in [0.2, 0.25) is 4.34 Å². The molecule has 0 amide bonds. The van der Waals surface area contributed by atoms with Gasteiger partial charge in [0.2, 0.25) is 5.78 Å². The van der Waals surface area contributed by atoms with E-state index in [2.05, 4.69) is 9.97 Å². The third-order valence-corrected chi connectivity index (χ3v) is 3.60. The molecule has 1 atom stereocenters. The fraction of sp³-hybridized carbons (Fsp3) is 0.182. The van der Waals surface area contributed by atoms with E-state index in [4.69, 9.17) is 11.6 Å². The molecule has 0 unspecified atom stereocenters. The molecule has 0 aliphatic heterocycles. The molecule has 2 rings (SSSR count). The molecule has 2 heterocycles. The van der Waals surface area contributed by atoms with Crippen molar-refractivity contribution >= 4 is 28.7 Å². The molecule has 1 N–H and O–H groups in total. The first-order valence-electron chi connectivity index (χ1n) is 4.86. The smallest absolute Gasteiger partial charge is 0.206 e. The van der Waals surface area contributed by atoms with Crippen LogP contribution in [-0.4, -0.2) is 20.9 Å². The SMILES string of the molecule is C[C@@H](O)c1cc(C(=O)c2cncnc2)sc1Cl. The number of carbonyl (C=O) groups is 1. The number of carbonyl (C=O) groups excluding carboxylic acids is 1. The summed E-state index contributed by atoms with van der Waals surface area (Å²) in [5, 5.41) is 9.46. The molecule has 0 spiro atoms. The van der Waals surface area contributed by atoms with Crippen molar-refractivity contribution in [2.75, 3.05) is 0 Å². The average Bonchev–Trinajstić information content (AvgIpc) is 2.71. The molecule has 0 fully saturated rings. The van der Waals surface area contributed by atoms with Gasteiger partial charge in [-0.1, -0.05) is 11.6 Å². The number of hydrogen-bond donors (Lipinski definition) is 1. The zero-order valence-electron chi connectivity index (χ0n) is 8.92. The number of hydrogen-bond acceptors (Lipinski definition) is 5. The van der Waals surface area contributed by atoms with Gasteiger partial charge in [-0.25, -0.2) is 9.97 Å². The molecule has 0 saturated carbocycles. The van der Waals surface area contributed by atoms with Crippen LogP contribution >= 0.6 is 22.9 Å². The molecule has 4 nitrogen and oxygen atoms in total. The Morgan fingerprint density at radius 1 is 1.47 bits per heavy atom. The van der Waals surface area contributed by atoms with E-state index < -0.39 is 6.10 Å². The highest BCUT2D eigenvalue weighted by molar-refractivity contribution is 7.18. The maximum Gasteiger partial charge on any atom is 0.206 e. The maximum atomic E-state index is 12.0. The van der Waals surface area contributed by atoms with E-state index in [1.807, 2.05) is 0 Å². The molecule has 0 aliphatic carbocycles. The number of ketones is 1. The lowest BCUT2D eigenvalue weighted by molar-refractivity contribution is 0.104. The Hall–Kier alpha value is -1.30.